The highest BCUT2D eigenvalue weighted by Crippen LogP contribution is 2.21. The van der Waals surface area contributed by atoms with E-state index in [1.807, 2.05) is 6.07 Å². The molecule has 0 amide bonds. The molecular weight excluding hydrogens is 313 g/mol. The van der Waals surface area contributed by atoms with Crippen molar-refractivity contribution >= 4 is 11.5 Å². The molecule has 0 saturated heterocycles. The Morgan fingerprint density at radius 3 is 3.04 bits per heavy atom. The summed E-state index contributed by atoms with van der Waals surface area (Å²) in [5.74, 6) is 0.306. The minimum Gasteiger partial charge on any atom is -0.390 e. The number of imidazole rings is 1. The number of nitrogens with zero attached hydrogens (tertiary/aromatic N) is 4. The molecule has 24 heavy (non-hydrogen) atoms. The molecule has 1 aromatic carbocycles. The molecule has 8 heteroatoms. The Morgan fingerprint density at radius 2 is 2.29 bits per heavy atom. The van der Waals surface area contributed by atoms with Crippen LogP contribution < -0.4 is 5.32 Å². The van der Waals surface area contributed by atoms with Crippen LogP contribution in [0.4, 0.5) is 10.2 Å². The predicted octanol–water partition coefficient (Wildman–Crippen LogP) is 2.60. The molecule has 3 aromatic rings. The van der Waals surface area contributed by atoms with E-state index in [2.05, 4.69) is 20.6 Å². The van der Waals surface area contributed by atoms with Gasteiger partial charge in [-0.25, -0.2) is 9.37 Å². The number of anilines is 1. The van der Waals surface area contributed by atoms with E-state index >= 15 is 0 Å². The van der Waals surface area contributed by atoms with Gasteiger partial charge in [0.2, 0.25) is 0 Å². The quantitative estimate of drug-likeness (QED) is 0.779. The van der Waals surface area contributed by atoms with E-state index in [-0.39, 0.29) is 11.9 Å². The van der Waals surface area contributed by atoms with Gasteiger partial charge in [-0.05, 0) is 12.1 Å². The fourth-order valence-corrected chi connectivity index (χ4v) is 2.53. The van der Waals surface area contributed by atoms with Crippen LogP contribution in [-0.4, -0.2) is 33.1 Å². The maximum absolute atomic E-state index is 14.3. The van der Waals surface area contributed by atoms with Crippen LogP contribution in [0.1, 0.15) is 12.0 Å². The number of aromatic nitrogens is 3. The number of nitrogens with one attached hydrogen (secondary N) is 1. The lowest BCUT2D eigenvalue weighted by Crippen LogP contribution is -2.20. The molecular formula is C16H14FN5O2. The van der Waals surface area contributed by atoms with Gasteiger partial charge in [-0.2, -0.15) is 0 Å². The molecule has 7 nitrogen and oxygen atoms in total. The molecule has 1 atom stereocenters. The van der Waals surface area contributed by atoms with E-state index in [0.717, 1.165) is 5.71 Å². The third kappa shape index (κ3) is 2.85. The zero-order valence-electron chi connectivity index (χ0n) is 12.6. The number of hydrogen-bond acceptors (Lipinski definition) is 6. The van der Waals surface area contributed by atoms with Crippen LogP contribution in [0, 0.1) is 5.82 Å². The van der Waals surface area contributed by atoms with Crippen molar-refractivity contribution in [3.05, 3.63) is 60.6 Å². The Labute approximate surface area is 136 Å². The monoisotopic (exact) mass is 327 g/mol. The van der Waals surface area contributed by atoms with Crippen molar-refractivity contribution in [2.45, 2.75) is 12.5 Å². The maximum Gasteiger partial charge on any atom is 0.169 e. The minimum atomic E-state index is -0.336. The fourth-order valence-electron chi connectivity index (χ4n) is 2.53. The molecule has 0 saturated carbocycles. The van der Waals surface area contributed by atoms with Gasteiger partial charge in [-0.1, -0.05) is 16.4 Å². The van der Waals surface area contributed by atoms with Crippen molar-refractivity contribution in [1.82, 2.24) is 14.7 Å². The predicted molar refractivity (Wildman–Crippen MR) is 84.5 cm³/mol. The lowest BCUT2D eigenvalue weighted by molar-refractivity contribution is 0.0948. The molecule has 0 spiro atoms. The smallest absolute Gasteiger partial charge is 0.169 e. The van der Waals surface area contributed by atoms with Gasteiger partial charge in [0.25, 0.3) is 0 Å². The maximum atomic E-state index is 14.3. The van der Waals surface area contributed by atoms with E-state index < -0.39 is 0 Å². The van der Waals surface area contributed by atoms with Crippen LogP contribution in [0.2, 0.25) is 0 Å². The molecule has 0 radical (unpaired) electrons. The molecule has 1 N–H and O–H groups in total. The molecule has 3 heterocycles. The van der Waals surface area contributed by atoms with Crippen LogP contribution in [-0.2, 0) is 4.84 Å². The van der Waals surface area contributed by atoms with Gasteiger partial charge in [0.15, 0.2) is 5.82 Å². The Hall–Kier alpha value is -3.16. The van der Waals surface area contributed by atoms with Crippen LogP contribution in [0.3, 0.4) is 0 Å². The number of halogens is 1. The zero-order valence-corrected chi connectivity index (χ0v) is 12.6. The summed E-state index contributed by atoms with van der Waals surface area (Å²) < 4.78 is 20.7. The largest absolute Gasteiger partial charge is 0.390 e. The normalized spacial score (nSPS) is 16.7. The first-order valence-electron chi connectivity index (χ1n) is 7.45. The van der Waals surface area contributed by atoms with E-state index in [0.29, 0.717) is 30.0 Å². The lowest BCUT2D eigenvalue weighted by atomic mass is 10.0. The third-order valence-electron chi connectivity index (χ3n) is 3.75. The van der Waals surface area contributed by atoms with Gasteiger partial charge in [0.1, 0.15) is 18.2 Å². The summed E-state index contributed by atoms with van der Waals surface area (Å²) in [5, 5.41) is 10.9. The van der Waals surface area contributed by atoms with Gasteiger partial charge >= 0.3 is 0 Å². The first-order chi connectivity index (χ1) is 11.8. The summed E-state index contributed by atoms with van der Waals surface area (Å²) >= 11 is 0. The molecule has 4 rings (SSSR count). The highest BCUT2D eigenvalue weighted by molar-refractivity contribution is 6.01. The van der Waals surface area contributed by atoms with Crippen LogP contribution >= 0.6 is 0 Å². The van der Waals surface area contributed by atoms with E-state index in [1.165, 1.54) is 12.3 Å². The van der Waals surface area contributed by atoms with Crippen molar-refractivity contribution in [3.63, 3.8) is 0 Å². The Kier molecular flexibility index (Phi) is 3.70. The number of oxime groups is 1. The Balaban J connectivity index is 1.42. The Morgan fingerprint density at radius 1 is 1.33 bits per heavy atom. The van der Waals surface area contributed by atoms with Gasteiger partial charge in [0.05, 0.1) is 24.3 Å². The molecule has 1 aliphatic rings. The van der Waals surface area contributed by atoms with Crippen molar-refractivity contribution < 1.29 is 13.8 Å². The number of rotatable bonds is 5. The second kappa shape index (κ2) is 6.15. The average Bonchev–Trinajstić information content (AvgIpc) is 3.34. The van der Waals surface area contributed by atoms with E-state index in [4.69, 9.17) is 9.36 Å². The summed E-state index contributed by atoms with van der Waals surface area (Å²) in [5.41, 5.74) is 1.87. The molecule has 0 unspecified atom stereocenters. The number of benzene rings is 1. The molecule has 1 aliphatic heterocycles. The van der Waals surface area contributed by atoms with Crippen LogP contribution in [0.25, 0.3) is 5.69 Å². The lowest BCUT2D eigenvalue weighted by Gasteiger charge is -2.08. The third-order valence-corrected chi connectivity index (χ3v) is 3.75. The van der Waals surface area contributed by atoms with Gasteiger partial charge in [0, 0.05) is 30.4 Å². The highest BCUT2D eigenvalue weighted by Gasteiger charge is 2.23. The zero-order chi connectivity index (χ0) is 16.4. The van der Waals surface area contributed by atoms with Crippen molar-refractivity contribution in [2.24, 2.45) is 5.16 Å². The average molecular weight is 327 g/mol. The molecule has 0 fully saturated rings. The summed E-state index contributed by atoms with van der Waals surface area (Å²) in [7, 11) is 0. The standard InChI is InChI=1S/C16H14FN5O2/c17-13-7-11(1-2-15(13)22-5-4-18-10-22)14-8-12(24-20-14)9-19-16-3-6-23-21-16/h1-7,10,12H,8-9H2,(H,19,21)/t12-/m0/s1. The highest BCUT2D eigenvalue weighted by atomic mass is 19.1. The summed E-state index contributed by atoms with van der Waals surface area (Å²) in [6, 6.07) is 6.72. The van der Waals surface area contributed by atoms with Gasteiger partial charge in [-0.15, -0.1) is 0 Å². The molecule has 2 aromatic heterocycles. The topological polar surface area (TPSA) is 77.5 Å². The first kappa shape index (κ1) is 14.4. The summed E-state index contributed by atoms with van der Waals surface area (Å²) in [6.07, 6.45) is 6.81. The number of hydrogen-bond donors (Lipinski definition) is 1. The summed E-state index contributed by atoms with van der Waals surface area (Å²) in [6.45, 7) is 0.537. The minimum absolute atomic E-state index is 0.131. The van der Waals surface area contributed by atoms with Crippen molar-refractivity contribution in [2.75, 3.05) is 11.9 Å². The van der Waals surface area contributed by atoms with Crippen LogP contribution in [0.15, 0.2) is 58.9 Å². The van der Waals surface area contributed by atoms with E-state index in [9.17, 15) is 4.39 Å². The molecule has 122 valence electrons. The Bertz CT molecular complexity index is 845. The van der Waals surface area contributed by atoms with Crippen molar-refractivity contribution in [3.8, 4) is 5.69 Å². The van der Waals surface area contributed by atoms with E-state index in [1.54, 1.807) is 35.4 Å². The van der Waals surface area contributed by atoms with Crippen molar-refractivity contribution in [1.29, 1.82) is 0 Å². The molecule has 0 aliphatic carbocycles. The van der Waals surface area contributed by atoms with Gasteiger partial charge in [-0.3, -0.25) is 0 Å². The fraction of sp³-hybridized carbons (Fsp3) is 0.188. The van der Waals surface area contributed by atoms with Crippen LogP contribution in [0.5, 0.6) is 0 Å². The first-order valence-corrected chi connectivity index (χ1v) is 7.45. The molecule has 0 bridgehead atoms. The second-order valence-electron chi connectivity index (χ2n) is 5.37. The summed E-state index contributed by atoms with van der Waals surface area (Å²) in [4.78, 5) is 9.31. The van der Waals surface area contributed by atoms with Gasteiger partial charge < -0.3 is 19.2 Å². The second-order valence-corrected chi connectivity index (χ2v) is 5.37. The SMILES string of the molecule is Fc1cc(C2=NO[C@H](CNc3ccon3)C2)ccc1-n1ccnc1.